The van der Waals surface area contributed by atoms with Gasteiger partial charge in [-0.1, -0.05) is 18.2 Å². The van der Waals surface area contributed by atoms with Crippen LogP contribution in [0.2, 0.25) is 0 Å². The van der Waals surface area contributed by atoms with Crippen LogP contribution in [0.5, 0.6) is 0 Å². The number of benzene rings is 1. The Hall–Kier alpha value is -2.16. The number of hydrogen-bond acceptors (Lipinski definition) is 1. The number of pyridine rings is 1. The highest BCUT2D eigenvalue weighted by Crippen LogP contribution is 2.05. The van der Waals surface area contributed by atoms with Crippen molar-refractivity contribution < 1.29 is 4.40 Å². The molecule has 3 heteroatoms. The summed E-state index contributed by atoms with van der Waals surface area (Å²) in [5.74, 6) is 0. The molecule has 0 N–H and O–H groups in total. The number of hydrogen-bond donors (Lipinski definition) is 0. The van der Waals surface area contributed by atoms with Crippen LogP contribution >= 0.6 is 0 Å². The lowest BCUT2D eigenvalue weighted by atomic mass is 10.2. The van der Waals surface area contributed by atoms with Gasteiger partial charge in [0.15, 0.2) is 0 Å². The van der Waals surface area contributed by atoms with E-state index in [1.807, 2.05) is 53.1 Å². The predicted octanol–water partition coefficient (Wildman–Crippen LogP) is 1.28. The molecule has 0 bridgehead atoms. The molecular weight excluding hydrogens is 200 g/mol. The molecule has 0 fully saturated rings. The van der Waals surface area contributed by atoms with E-state index in [0.717, 1.165) is 16.6 Å². The number of rotatable bonds is 0. The van der Waals surface area contributed by atoms with E-state index in [1.165, 1.54) is 0 Å². The Bertz CT molecular complexity index is 744. The van der Waals surface area contributed by atoms with Crippen LogP contribution in [0, 0.1) is 0 Å². The first-order valence-electron chi connectivity index (χ1n) is 5.17. The van der Waals surface area contributed by atoms with Gasteiger partial charge in [0.2, 0.25) is 0 Å². The van der Waals surface area contributed by atoms with Gasteiger partial charge in [-0.2, -0.15) is 8.97 Å². The van der Waals surface area contributed by atoms with Crippen molar-refractivity contribution in [1.82, 2.24) is 4.57 Å². The van der Waals surface area contributed by atoms with Crippen molar-refractivity contribution in [3.63, 3.8) is 0 Å². The van der Waals surface area contributed by atoms with Gasteiger partial charge in [-0.15, -0.1) is 0 Å². The van der Waals surface area contributed by atoms with Gasteiger partial charge in [0.05, 0.1) is 13.2 Å². The largest absolute Gasteiger partial charge is 0.345 e. The van der Waals surface area contributed by atoms with Gasteiger partial charge < -0.3 is 0 Å². The fourth-order valence-electron chi connectivity index (χ4n) is 2.06. The first kappa shape index (κ1) is 9.09. The summed E-state index contributed by atoms with van der Waals surface area (Å²) in [6, 6.07) is 13.5. The minimum absolute atomic E-state index is 0.0433. The van der Waals surface area contributed by atoms with E-state index < -0.39 is 0 Å². The van der Waals surface area contributed by atoms with Crippen molar-refractivity contribution in [2.45, 2.75) is 0 Å². The molecule has 0 aliphatic rings. The van der Waals surface area contributed by atoms with Crippen molar-refractivity contribution in [2.24, 2.45) is 7.05 Å². The van der Waals surface area contributed by atoms with Crippen LogP contribution in [0.1, 0.15) is 0 Å². The van der Waals surface area contributed by atoms with Crippen LogP contribution in [-0.2, 0) is 7.05 Å². The second kappa shape index (κ2) is 3.17. The third-order valence-electron chi connectivity index (χ3n) is 2.88. The first-order chi connectivity index (χ1) is 7.79. The molecule has 0 atom stereocenters. The molecule has 0 amide bonds. The summed E-state index contributed by atoms with van der Waals surface area (Å²) in [5.41, 5.74) is 1.88. The Morgan fingerprint density at radius 3 is 2.69 bits per heavy atom. The first-order valence-corrected chi connectivity index (χ1v) is 5.17. The minimum Gasteiger partial charge on any atom is -0.241 e. The van der Waals surface area contributed by atoms with Crippen LogP contribution in [0.15, 0.2) is 53.5 Å². The monoisotopic (exact) mass is 211 g/mol. The van der Waals surface area contributed by atoms with E-state index >= 15 is 0 Å². The smallest absolute Gasteiger partial charge is 0.241 e. The summed E-state index contributed by atoms with van der Waals surface area (Å²) in [7, 11) is 1.80. The molecule has 0 saturated carbocycles. The molecule has 0 unspecified atom stereocenters. The molecule has 0 radical (unpaired) electrons. The van der Waals surface area contributed by atoms with Gasteiger partial charge in [-0.25, -0.2) is 4.79 Å². The molecule has 3 nitrogen and oxygen atoms in total. The topological polar surface area (TPSA) is 26.1 Å². The lowest BCUT2D eigenvalue weighted by Crippen LogP contribution is -2.33. The fourth-order valence-corrected chi connectivity index (χ4v) is 2.06. The summed E-state index contributed by atoms with van der Waals surface area (Å²) < 4.78 is 3.69. The Morgan fingerprint density at radius 2 is 1.81 bits per heavy atom. The maximum atomic E-state index is 12.1. The van der Waals surface area contributed by atoms with Crippen LogP contribution in [-0.4, -0.2) is 4.57 Å². The minimum atomic E-state index is 0.0433. The fraction of sp³-hybridized carbons (Fsp3) is 0.0769. The molecule has 2 aromatic heterocycles. The van der Waals surface area contributed by atoms with E-state index in [1.54, 1.807) is 11.6 Å². The second-order valence-electron chi connectivity index (χ2n) is 3.81. The van der Waals surface area contributed by atoms with Crippen LogP contribution < -0.4 is 9.96 Å². The molecule has 16 heavy (non-hydrogen) atoms. The van der Waals surface area contributed by atoms with Crippen molar-refractivity contribution in [3.05, 3.63) is 59.0 Å². The molecule has 0 aliphatic carbocycles. The predicted molar refractivity (Wildman–Crippen MR) is 62.3 cm³/mol. The highest BCUT2D eigenvalue weighted by atomic mass is 16.1. The second-order valence-corrected chi connectivity index (χ2v) is 3.81. The zero-order chi connectivity index (χ0) is 11.1. The normalized spacial score (nSPS) is 11.1. The molecule has 3 aromatic rings. The SMILES string of the molecule is Cn1c(=O)c2ccccc2[n+]2ccccc12. The van der Waals surface area contributed by atoms with E-state index in [4.69, 9.17) is 0 Å². The highest BCUT2D eigenvalue weighted by Gasteiger charge is 2.13. The molecule has 3 rings (SSSR count). The van der Waals surface area contributed by atoms with Crippen molar-refractivity contribution >= 4 is 16.6 Å². The molecule has 1 aromatic carbocycles. The van der Waals surface area contributed by atoms with Crippen LogP contribution in [0.25, 0.3) is 16.6 Å². The Labute approximate surface area is 92.2 Å². The number of aromatic nitrogens is 2. The third-order valence-corrected chi connectivity index (χ3v) is 2.88. The average Bonchev–Trinajstić information content (AvgIpc) is 2.36. The Morgan fingerprint density at radius 1 is 1.06 bits per heavy atom. The van der Waals surface area contributed by atoms with Gasteiger partial charge in [0, 0.05) is 6.07 Å². The van der Waals surface area contributed by atoms with Gasteiger partial charge in [-0.05, 0) is 18.2 Å². The standard InChI is InChI=1S/C13H11N2O/c1-14-12-8-4-5-9-15(12)11-7-3-2-6-10(11)13(14)16/h2-9H,1H3/q+1. The zero-order valence-corrected chi connectivity index (χ0v) is 8.92. The third kappa shape index (κ3) is 1.08. The maximum absolute atomic E-state index is 12.1. The molecule has 0 saturated heterocycles. The van der Waals surface area contributed by atoms with Gasteiger partial charge in [0.1, 0.15) is 10.9 Å². The van der Waals surface area contributed by atoms with E-state index in [9.17, 15) is 4.79 Å². The summed E-state index contributed by atoms with van der Waals surface area (Å²) in [6.45, 7) is 0. The van der Waals surface area contributed by atoms with Crippen LogP contribution in [0.3, 0.4) is 0 Å². The summed E-state index contributed by atoms with van der Waals surface area (Å²) in [5, 5.41) is 0.744. The number of nitrogens with zero attached hydrogens (tertiary/aromatic N) is 2. The summed E-state index contributed by atoms with van der Waals surface area (Å²) in [6.07, 6.45) is 1.97. The average molecular weight is 211 g/mol. The van der Waals surface area contributed by atoms with E-state index in [0.29, 0.717) is 0 Å². The van der Waals surface area contributed by atoms with Crippen LogP contribution in [0.4, 0.5) is 0 Å². The van der Waals surface area contributed by atoms with Crippen molar-refractivity contribution in [1.29, 1.82) is 0 Å². The molecule has 0 spiro atoms. The van der Waals surface area contributed by atoms with Crippen molar-refractivity contribution in [3.8, 4) is 0 Å². The molecule has 2 heterocycles. The van der Waals surface area contributed by atoms with Crippen molar-refractivity contribution in [2.75, 3.05) is 0 Å². The van der Waals surface area contributed by atoms with E-state index in [2.05, 4.69) is 0 Å². The number of para-hydroxylation sites is 1. The van der Waals surface area contributed by atoms with Gasteiger partial charge in [0.25, 0.3) is 5.65 Å². The van der Waals surface area contributed by atoms with E-state index in [-0.39, 0.29) is 5.56 Å². The Balaban J connectivity index is 2.74. The summed E-state index contributed by atoms with van der Waals surface area (Å²) in [4.78, 5) is 12.1. The molecule has 78 valence electrons. The Kier molecular flexibility index (Phi) is 1.80. The van der Waals surface area contributed by atoms with Gasteiger partial charge in [-0.3, -0.25) is 0 Å². The quantitative estimate of drug-likeness (QED) is 0.406. The molecular formula is C13H11N2O+. The molecule has 0 aliphatic heterocycles. The highest BCUT2D eigenvalue weighted by molar-refractivity contribution is 5.75. The summed E-state index contributed by atoms with van der Waals surface area (Å²) >= 11 is 0. The number of fused-ring (bicyclic) bond motifs is 3. The number of aryl methyl sites for hydroxylation is 1. The lowest BCUT2D eigenvalue weighted by molar-refractivity contribution is -0.486. The zero-order valence-electron chi connectivity index (χ0n) is 8.92. The van der Waals surface area contributed by atoms with Gasteiger partial charge >= 0.3 is 5.56 Å². The maximum Gasteiger partial charge on any atom is 0.345 e. The lowest BCUT2D eigenvalue weighted by Gasteiger charge is -2.01.